The molecule has 15 heavy (non-hydrogen) atoms. The van der Waals surface area contributed by atoms with Gasteiger partial charge in [-0.1, -0.05) is 35.4 Å². The minimum absolute atomic E-state index is 0.133. The summed E-state index contributed by atoms with van der Waals surface area (Å²) in [6.45, 7) is 0. The Bertz CT molecular complexity index is 397. The SMILES string of the molecule is Fc1cc(CBr)cc(S(F)(F)(F)(F)F)c1. The number of halogens is 7. The normalized spacial score (nSPS) is 17.0. The molecule has 8 heteroatoms. The Morgan fingerprint density at radius 1 is 1.00 bits per heavy atom. The van der Waals surface area contributed by atoms with E-state index >= 15 is 0 Å². The number of hydrogen-bond acceptors (Lipinski definition) is 0. The highest BCUT2D eigenvalue weighted by Crippen LogP contribution is 3.02. The molecule has 0 spiro atoms. The fourth-order valence-electron chi connectivity index (χ4n) is 0.921. The van der Waals surface area contributed by atoms with E-state index in [-0.39, 0.29) is 23.0 Å². The van der Waals surface area contributed by atoms with Crippen molar-refractivity contribution in [2.45, 2.75) is 10.2 Å². The summed E-state index contributed by atoms with van der Waals surface area (Å²) >= 11 is 2.76. The van der Waals surface area contributed by atoms with Gasteiger partial charge in [0, 0.05) is 5.33 Å². The lowest BCUT2D eigenvalue weighted by atomic mass is 10.2. The first-order chi connectivity index (χ1) is 6.42. The third kappa shape index (κ3) is 3.30. The van der Waals surface area contributed by atoms with Crippen molar-refractivity contribution in [2.75, 3.05) is 0 Å². The lowest BCUT2D eigenvalue weighted by molar-refractivity contribution is 0.363. The zero-order valence-corrected chi connectivity index (χ0v) is 9.40. The predicted molar refractivity (Wildman–Crippen MR) is 50.4 cm³/mol. The highest BCUT2D eigenvalue weighted by Gasteiger charge is 2.65. The minimum Gasteiger partial charge on any atom is -0.207 e. The van der Waals surface area contributed by atoms with Crippen molar-refractivity contribution < 1.29 is 23.8 Å². The van der Waals surface area contributed by atoms with Crippen molar-refractivity contribution in [3.05, 3.63) is 29.6 Å². The van der Waals surface area contributed by atoms with Crippen molar-refractivity contribution >= 4 is 26.2 Å². The van der Waals surface area contributed by atoms with Crippen molar-refractivity contribution in [1.82, 2.24) is 0 Å². The molecule has 1 rings (SSSR count). The van der Waals surface area contributed by atoms with Gasteiger partial charge in [0.2, 0.25) is 0 Å². The molecule has 1 aromatic rings. The second-order valence-corrected chi connectivity index (χ2v) is 5.87. The summed E-state index contributed by atoms with van der Waals surface area (Å²) in [5.41, 5.74) is -0.196. The number of alkyl halides is 1. The van der Waals surface area contributed by atoms with Gasteiger partial charge >= 0.3 is 10.2 Å². The van der Waals surface area contributed by atoms with E-state index in [0.29, 0.717) is 0 Å². The summed E-state index contributed by atoms with van der Waals surface area (Å²) in [7, 11) is -9.78. The topological polar surface area (TPSA) is 0 Å². The van der Waals surface area contributed by atoms with Crippen molar-refractivity contribution in [2.24, 2.45) is 0 Å². The molecule has 0 heterocycles. The Morgan fingerprint density at radius 2 is 1.53 bits per heavy atom. The van der Waals surface area contributed by atoms with E-state index in [1.165, 1.54) is 0 Å². The summed E-state index contributed by atoms with van der Waals surface area (Å²) in [5.74, 6) is -1.34. The van der Waals surface area contributed by atoms with Crippen LogP contribution in [0.4, 0.5) is 23.8 Å². The molecule has 0 bridgehead atoms. The smallest absolute Gasteiger partial charge is 0.207 e. The Hall–Kier alpha value is -0.370. The van der Waals surface area contributed by atoms with Crippen LogP contribution in [0.15, 0.2) is 23.1 Å². The molecular formula is C7H5BrF6S. The molecule has 0 aliphatic rings. The Kier molecular flexibility index (Phi) is 2.41. The fraction of sp³-hybridized carbons (Fsp3) is 0.143. The highest BCUT2D eigenvalue weighted by atomic mass is 79.9. The molecule has 0 unspecified atom stereocenters. The second-order valence-electron chi connectivity index (χ2n) is 2.90. The number of benzene rings is 1. The van der Waals surface area contributed by atoms with Crippen LogP contribution in [-0.2, 0) is 5.33 Å². The molecule has 0 saturated heterocycles. The quantitative estimate of drug-likeness (QED) is 0.508. The van der Waals surface area contributed by atoms with Crippen LogP contribution >= 0.6 is 26.2 Å². The van der Waals surface area contributed by atoms with Gasteiger partial charge in [0.15, 0.2) is 0 Å². The van der Waals surface area contributed by atoms with E-state index < -0.39 is 20.9 Å². The number of rotatable bonds is 2. The van der Waals surface area contributed by atoms with Crippen LogP contribution in [0.2, 0.25) is 0 Å². The summed E-state index contributed by atoms with van der Waals surface area (Å²) in [4.78, 5) is -2.20. The van der Waals surface area contributed by atoms with Gasteiger partial charge in [-0.05, 0) is 23.8 Å². The van der Waals surface area contributed by atoms with Crippen LogP contribution < -0.4 is 0 Å². The molecule has 88 valence electrons. The second kappa shape index (κ2) is 2.85. The lowest BCUT2D eigenvalue weighted by Crippen LogP contribution is -2.07. The maximum Gasteiger partial charge on any atom is 0.310 e. The van der Waals surface area contributed by atoms with Gasteiger partial charge in [-0.2, -0.15) is 0 Å². The number of hydrogen-bond donors (Lipinski definition) is 0. The average Bonchev–Trinajstić information content (AvgIpc) is 1.99. The Labute approximate surface area is 90.1 Å². The largest absolute Gasteiger partial charge is 0.310 e. The lowest BCUT2D eigenvalue weighted by Gasteiger charge is -2.40. The van der Waals surface area contributed by atoms with Gasteiger partial charge < -0.3 is 0 Å². The maximum atomic E-state index is 12.6. The molecular weight excluding hydrogens is 310 g/mol. The summed E-state index contributed by atoms with van der Waals surface area (Å²) in [6, 6.07) is 0.787. The Balaban J connectivity index is 3.47. The predicted octanol–water partition coefficient (Wildman–Crippen LogP) is 5.38. The third-order valence-corrected chi connectivity index (χ3v) is 3.30. The summed E-state index contributed by atoms with van der Waals surface area (Å²) in [6.07, 6.45) is 0. The first-order valence-corrected chi connectivity index (χ1v) is 6.59. The molecule has 0 amide bonds. The van der Waals surface area contributed by atoms with Crippen LogP contribution in [0.25, 0.3) is 0 Å². The zero-order valence-electron chi connectivity index (χ0n) is 6.99. The minimum atomic E-state index is -9.78. The van der Waals surface area contributed by atoms with Crippen LogP contribution in [0.5, 0.6) is 0 Å². The highest BCUT2D eigenvalue weighted by molar-refractivity contribution is 9.08. The van der Waals surface area contributed by atoms with Gasteiger partial charge in [-0.25, -0.2) is 4.39 Å². The van der Waals surface area contributed by atoms with Crippen molar-refractivity contribution in [1.29, 1.82) is 0 Å². The van der Waals surface area contributed by atoms with Crippen LogP contribution in [0.1, 0.15) is 5.56 Å². The van der Waals surface area contributed by atoms with Gasteiger partial charge in [0.05, 0.1) is 0 Å². The van der Waals surface area contributed by atoms with Crippen LogP contribution in [-0.4, -0.2) is 0 Å². The Morgan fingerprint density at radius 3 is 1.93 bits per heavy atom. The first kappa shape index (κ1) is 12.7. The maximum absolute atomic E-state index is 12.6. The van der Waals surface area contributed by atoms with Crippen LogP contribution in [0, 0.1) is 5.82 Å². The fourth-order valence-corrected chi connectivity index (χ4v) is 1.95. The molecule has 1 aromatic carbocycles. The summed E-state index contributed by atoms with van der Waals surface area (Å²) < 4.78 is 74.0. The van der Waals surface area contributed by atoms with Gasteiger partial charge in [-0.3, -0.25) is 0 Å². The van der Waals surface area contributed by atoms with Crippen molar-refractivity contribution in [3.63, 3.8) is 0 Å². The summed E-state index contributed by atoms with van der Waals surface area (Å²) in [5, 5.41) is -0.133. The van der Waals surface area contributed by atoms with E-state index in [2.05, 4.69) is 15.9 Å². The van der Waals surface area contributed by atoms with E-state index in [1.807, 2.05) is 0 Å². The van der Waals surface area contributed by atoms with E-state index in [9.17, 15) is 23.8 Å². The first-order valence-electron chi connectivity index (χ1n) is 3.52. The van der Waals surface area contributed by atoms with Crippen LogP contribution in [0.3, 0.4) is 0 Å². The average molecular weight is 315 g/mol. The van der Waals surface area contributed by atoms with Crippen molar-refractivity contribution in [3.8, 4) is 0 Å². The molecule has 0 saturated carbocycles. The molecule has 0 aliphatic heterocycles. The zero-order chi connectivity index (χ0) is 12.0. The van der Waals surface area contributed by atoms with Gasteiger partial charge in [-0.15, -0.1) is 0 Å². The van der Waals surface area contributed by atoms with E-state index in [0.717, 1.165) is 6.07 Å². The molecule has 0 aromatic heterocycles. The standard InChI is InChI=1S/C7H5BrF6S/c8-4-5-1-6(9)3-7(2-5)15(10,11,12,13)14/h1-3H,4H2. The molecule has 0 radical (unpaired) electrons. The van der Waals surface area contributed by atoms with E-state index in [4.69, 9.17) is 0 Å². The molecule has 0 aliphatic carbocycles. The molecule has 0 N–H and O–H groups in total. The molecule has 0 fully saturated rings. The third-order valence-electron chi connectivity index (χ3n) is 1.53. The monoisotopic (exact) mass is 314 g/mol. The van der Waals surface area contributed by atoms with E-state index in [1.54, 1.807) is 0 Å². The van der Waals surface area contributed by atoms with Gasteiger partial charge in [0.25, 0.3) is 0 Å². The van der Waals surface area contributed by atoms with Gasteiger partial charge in [0.1, 0.15) is 10.7 Å². The molecule has 0 atom stereocenters. The molecule has 0 nitrogen and oxygen atoms in total.